The number of benzene rings is 1. The summed E-state index contributed by atoms with van der Waals surface area (Å²) in [6, 6.07) is 6.06. The van der Waals surface area contributed by atoms with Gasteiger partial charge < -0.3 is 5.21 Å². The van der Waals surface area contributed by atoms with Crippen LogP contribution in [0.1, 0.15) is 24.8 Å². The van der Waals surface area contributed by atoms with Gasteiger partial charge in [-0.05, 0) is 42.9 Å². The molecule has 2 nitrogen and oxygen atoms in total. The van der Waals surface area contributed by atoms with Crippen LogP contribution in [0.2, 0.25) is 0 Å². The molecule has 1 aliphatic carbocycles. The second kappa shape index (κ2) is 3.78. The molecular formula is C11H12FNO. The summed E-state index contributed by atoms with van der Waals surface area (Å²) in [5.41, 5.74) is 1.47. The molecule has 0 aliphatic heterocycles. The van der Waals surface area contributed by atoms with Crippen LogP contribution in [0.3, 0.4) is 0 Å². The van der Waals surface area contributed by atoms with Gasteiger partial charge in [0.2, 0.25) is 0 Å². The van der Waals surface area contributed by atoms with Crippen molar-refractivity contribution in [2.45, 2.75) is 19.3 Å². The van der Waals surface area contributed by atoms with E-state index in [1.807, 2.05) is 0 Å². The Morgan fingerprint density at radius 3 is 2.50 bits per heavy atom. The zero-order chi connectivity index (χ0) is 9.97. The monoisotopic (exact) mass is 193 g/mol. The lowest BCUT2D eigenvalue weighted by Gasteiger charge is -2.02. The molecule has 1 saturated carbocycles. The van der Waals surface area contributed by atoms with Crippen molar-refractivity contribution in [3.63, 3.8) is 0 Å². The first-order valence-corrected chi connectivity index (χ1v) is 4.76. The maximum absolute atomic E-state index is 12.6. The van der Waals surface area contributed by atoms with Crippen LogP contribution in [0.5, 0.6) is 0 Å². The van der Waals surface area contributed by atoms with E-state index in [1.165, 1.54) is 25.0 Å². The van der Waals surface area contributed by atoms with E-state index in [0.29, 0.717) is 11.6 Å². The zero-order valence-electron chi connectivity index (χ0n) is 7.78. The van der Waals surface area contributed by atoms with Gasteiger partial charge in [0.15, 0.2) is 0 Å². The van der Waals surface area contributed by atoms with Gasteiger partial charge in [-0.2, -0.15) is 0 Å². The van der Waals surface area contributed by atoms with Gasteiger partial charge in [-0.3, -0.25) is 0 Å². The Hall–Kier alpha value is -1.38. The van der Waals surface area contributed by atoms with Crippen molar-refractivity contribution in [2.75, 3.05) is 0 Å². The topological polar surface area (TPSA) is 32.6 Å². The standard InChI is InChI=1S/C11H12FNO/c12-10-5-3-9(4-6-10)11(13-14)7-8-1-2-8/h3-6,8,14H,1-2,7H2/b13-11+. The molecule has 74 valence electrons. The van der Waals surface area contributed by atoms with Crippen LogP contribution < -0.4 is 0 Å². The minimum absolute atomic E-state index is 0.266. The molecule has 2 rings (SSSR count). The van der Waals surface area contributed by atoms with Gasteiger partial charge in [0, 0.05) is 0 Å². The van der Waals surface area contributed by atoms with E-state index < -0.39 is 0 Å². The van der Waals surface area contributed by atoms with Gasteiger partial charge in [-0.1, -0.05) is 17.3 Å². The Labute approximate surface area is 82.1 Å². The molecule has 1 fully saturated rings. The van der Waals surface area contributed by atoms with Crippen LogP contribution >= 0.6 is 0 Å². The minimum atomic E-state index is -0.266. The summed E-state index contributed by atoms with van der Waals surface area (Å²) in [6.45, 7) is 0. The molecule has 0 saturated heterocycles. The third-order valence-electron chi connectivity index (χ3n) is 2.48. The van der Waals surface area contributed by atoms with E-state index in [9.17, 15) is 4.39 Å². The minimum Gasteiger partial charge on any atom is -0.411 e. The lowest BCUT2D eigenvalue weighted by Crippen LogP contribution is -2.02. The number of halogens is 1. The summed E-state index contributed by atoms with van der Waals surface area (Å²) in [7, 11) is 0. The highest BCUT2D eigenvalue weighted by Crippen LogP contribution is 2.33. The molecule has 1 N–H and O–H groups in total. The summed E-state index contributed by atoms with van der Waals surface area (Å²) >= 11 is 0. The van der Waals surface area contributed by atoms with Crippen molar-refractivity contribution in [1.29, 1.82) is 0 Å². The summed E-state index contributed by atoms with van der Waals surface area (Å²) in [5.74, 6) is 0.392. The normalized spacial score (nSPS) is 17.1. The van der Waals surface area contributed by atoms with Crippen molar-refractivity contribution in [2.24, 2.45) is 11.1 Å². The molecular weight excluding hydrogens is 181 g/mol. The third kappa shape index (κ3) is 2.10. The molecule has 0 heterocycles. The van der Waals surface area contributed by atoms with Gasteiger partial charge in [-0.15, -0.1) is 0 Å². The first-order valence-electron chi connectivity index (χ1n) is 4.76. The Morgan fingerprint density at radius 2 is 2.00 bits per heavy atom. The molecule has 1 aromatic carbocycles. The van der Waals surface area contributed by atoms with E-state index in [2.05, 4.69) is 5.16 Å². The molecule has 3 heteroatoms. The first kappa shape index (κ1) is 9.19. The second-order valence-corrected chi connectivity index (χ2v) is 3.70. The van der Waals surface area contributed by atoms with Gasteiger partial charge >= 0.3 is 0 Å². The van der Waals surface area contributed by atoms with Crippen LogP contribution in [-0.2, 0) is 0 Å². The van der Waals surface area contributed by atoms with E-state index in [4.69, 9.17) is 5.21 Å². The average Bonchev–Trinajstić information content (AvgIpc) is 3.00. The fraction of sp³-hybridized carbons (Fsp3) is 0.364. The third-order valence-corrected chi connectivity index (χ3v) is 2.48. The molecule has 0 atom stereocenters. The number of oxime groups is 1. The fourth-order valence-electron chi connectivity index (χ4n) is 1.45. The number of hydrogen-bond donors (Lipinski definition) is 1. The van der Waals surface area contributed by atoms with Gasteiger partial charge in [-0.25, -0.2) is 4.39 Å². The first-order chi connectivity index (χ1) is 6.79. The molecule has 0 radical (unpaired) electrons. The predicted molar refractivity (Wildman–Crippen MR) is 52.1 cm³/mol. The lowest BCUT2D eigenvalue weighted by atomic mass is 10.1. The summed E-state index contributed by atoms with van der Waals surface area (Å²) in [5, 5.41) is 12.1. The summed E-state index contributed by atoms with van der Waals surface area (Å²) in [4.78, 5) is 0. The molecule has 0 aromatic heterocycles. The summed E-state index contributed by atoms with van der Waals surface area (Å²) < 4.78 is 12.6. The Morgan fingerprint density at radius 1 is 1.36 bits per heavy atom. The average molecular weight is 193 g/mol. The van der Waals surface area contributed by atoms with Crippen molar-refractivity contribution in [3.05, 3.63) is 35.6 Å². The molecule has 0 spiro atoms. The number of nitrogens with zero attached hydrogens (tertiary/aromatic N) is 1. The van der Waals surface area contributed by atoms with Gasteiger partial charge in [0.05, 0.1) is 5.71 Å². The Bertz CT molecular complexity index is 341. The van der Waals surface area contributed by atoms with E-state index in [-0.39, 0.29) is 5.82 Å². The second-order valence-electron chi connectivity index (χ2n) is 3.70. The molecule has 0 amide bonds. The predicted octanol–water partition coefficient (Wildman–Crippen LogP) is 2.80. The smallest absolute Gasteiger partial charge is 0.123 e. The number of hydrogen-bond acceptors (Lipinski definition) is 2. The van der Waals surface area contributed by atoms with E-state index >= 15 is 0 Å². The van der Waals surface area contributed by atoms with E-state index in [1.54, 1.807) is 12.1 Å². The van der Waals surface area contributed by atoms with Crippen LogP contribution in [0.15, 0.2) is 29.4 Å². The molecule has 1 aromatic rings. The Kier molecular flexibility index (Phi) is 2.48. The highest BCUT2D eigenvalue weighted by molar-refractivity contribution is 6.00. The lowest BCUT2D eigenvalue weighted by molar-refractivity contribution is 0.317. The maximum Gasteiger partial charge on any atom is 0.123 e. The maximum atomic E-state index is 12.6. The zero-order valence-corrected chi connectivity index (χ0v) is 7.78. The highest BCUT2D eigenvalue weighted by atomic mass is 19.1. The van der Waals surface area contributed by atoms with Crippen LogP contribution in [0.4, 0.5) is 4.39 Å². The van der Waals surface area contributed by atoms with Crippen molar-refractivity contribution < 1.29 is 9.60 Å². The quantitative estimate of drug-likeness (QED) is 0.447. The van der Waals surface area contributed by atoms with Crippen LogP contribution in [0, 0.1) is 11.7 Å². The molecule has 14 heavy (non-hydrogen) atoms. The molecule has 1 aliphatic rings. The Balaban J connectivity index is 2.14. The SMILES string of the molecule is O/N=C(\CC1CC1)c1ccc(F)cc1. The molecule has 0 unspecified atom stereocenters. The van der Waals surface area contributed by atoms with Crippen LogP contribution in [-0.4, -0.2) is 10.9 Å². The largest absolute Gasteiger partial charge is 0.411 e. The fourth-order valence-corrected chi connectivity index (χ4v) is 1.45. The number of rotatable bonds is 3. The summed E-state index contributed by atoms with van der Waals surface area (Å²) in [6.07, 6.45) is 3.21. The van der Waals surface area contributed by atoms with Crippen molar-refractivity contribution in [3.8, 4) is 0 Å². The van der Waals surface area contributed by atoms with Crippen molar-refractivity contribution in [1.82, 2.24) is 0 Å². The van der Waals surface area contributed by atoms with Gasteiger partial charge in [0.25, 0.3) is 0 Å². The molecule has 0 bridgehead atoms. The highest BCUT2D eigenvalue weighted by Gasteiger charge is 2.24. The van der Waals surface area contributed by atoms with Crippen LogP contribution in [0.25, 0.3) is 0 Å². The van der Waals surface area contributed by atoms with Crippen molar-refractivity contribution >= 4 is 5.71 Å². The van der Waals surface area contributed by atoms with Gasteiger partial charge in [0.1, 0.15) is 5.82 Å². The van der Waals surface area contributed by atoms with E-state index in [0.717, 1.165) is 12.0 Å².